The molecule has 7 heteroatoms. The maximum atomic E-state index is 13.0. The number of carbonyl (C=O) groups is 1. The Hall–Kier alpha value is -2.96. The molecule has 1 saturated heterocycles. The van der Waals surface area contributed by atoms with Crippen LogP contribution in [0.15, 0.2) is 53.3 Å². The van der Waals surface area contributed by atoms with Crippen LogP contribution in [0.3, 0.4) is 0 Å². The molecule has 0 radical (unpaired) electrons. The topological polar surface area (TPSA) is 64.2 Å². The second-order valence-corrected chi connectivity index (χ2v) is 6.77. The summed E-state index contributed by atoms with van der Waals surface area (Å²) in [4.78, 5) is 19.0. The third kappa shape index (κ3) is 4.07. The number of rotatable bonds is 5. The molecular weight excluding hydrogens is 347 g/mol. The summed E-state index contributed by atoms with van der Waals surface area (Å²) in [7, 11) is 0. The molecule has 140 valence electrons. The van der Waals surface area contributed by atoms with Crippen molar-refractivity contribution in [2.24, 2.45) is 0 Å². The lowest BCUT2D eigenvalue weighted by atomic mass is 10.0. The number of aromatic nitrogens is 3. The van der Waals surface area contributed by atoms with Crippen LogP contribution >= 0.6 is 0 Å². The molecule has 1 fully saturated rings. The lowest BCUT2D eigenvalue weighted by Crippen LogP contribution is -2.40. The van der Waals surface area contributed by atoms with Crippen LogP contribution in [-0.2, 0) is 17.8 Å². The number of oxazole rings is 1. The minimum absolute atomic E-state index is 0.0154. The van der Waals surface area contributed by atoms with Gasteiger partial charge in [0, 0.05) is 25.4 Å². The molecule has 3 heterocycles. The minimum Gasteiger partial charge on any atom is -0.443 e. The van der Waals surface area contributed by atoms with Gasteiger partial charge in [0.25, 0.3) is 0 Å². The molecule has 3 aromatic rings. The highest BCUT2D eigenvalue weighted by atomic mass is 19.1. The van der Waals surface area contributed by atoms with E-state index in [2.05, 4.69) is 10.1 Å². The normalized spacial score (nSPS) is 17.2. The predicted octanol–water partition coefficient (Wildman–Crippen LogP) is 3.35. The third-order valence-corrected chi connectivity index (χ3v) is 4.83. The van der Waals surface area contributed by atoms with Gasteiger partial charge in [-0.3, -0.25) is 9.48 Å². The van der Waals surface area contributed by atoms with Crippen LogP contribution in [0.1, 0.15) is 42.5 Å². The molecule has 1 aromatic carbocycles. The van der Waals surface area contributed by atoms with Gasteiger partial charge in [-0.15, -0.1) is 0 Å². The van der Waals surface area contributed by atoms with Crippen LogP contribution in [0.5, 0.6) is 0 Å². The van der Waals surface area contributed by atoms with E-state index in [1.807, 2.05) is 4.90 Å². The number of piperidine rings is 1. The van der Waals surface area contributed by atoms with Gasteiger partial charge in [0.05, 0.1) is 6.20 Å². The fraction of sp³-hybridized carbons (Fsp3) is 0.350. The monoisotopic (exact) mass is 368 g/mol. The summed E-state index contributed by atoms with van der Waals surface area (Å²) in [5.74, 6) is 1.04. The second-order valence-electron chi connectivity index (χ2n) is 6.77. The average molecular weight is 368 g/mol. The summed E-state index contributed by atoms with van der Waals surface area (Å²) >= 11 is 0. The van der Waals surface area contributed by atoms with E-state index in [-0.39, 0.29) is 24.3 Å². The van der Waals surface area contributed by atoms with Crippen molar-refractivity contribution in [1.29, 1.82) is 0 Å². The van der Waals surface area contributed by atoms with Crippen molar-refractivity contribution in [3.05, 3.63) is 72.0 Å². The Bertz CT molecular complexity index is 889. The molecule has 0 aliphatic carbocycles. The van der Waals surface area contributed by atoms with Gasteiger partial charge in [0.2, 0.25) is 11.8 Å². The maximum absolute atomic E-state index is 13.0. The number of nitrogens with zero attached hydrogens (tertiary/aromatic N) is 4. The van der Waals surface area contributed by atoms with Crippen LogP contribution in [0.2, 0.25) is 0 Å². The van der Waals surface area contributed by atoms with Crippen molar-refractivity contribution >= 4 is 5.91 Å². The molecule has 4 rings (SSSR count). The maximum Gasteiger partial charge on any atom is 0.244 e. The standard InChI is InChI=1S/C20H21FN4O2/c21-16-7-5-15(6-8-16)12-17-13-22-20(27-17)18-4-1-2-11-25(18)19(26)14-24-10-3-9-23-24/h3,5-10,13,18H,1-2,4,11-12,14H2/t18-/m1/s1. The van der Waals surface area contributed by atoms with Gasteiger partial charge in [-0.05, 0) is 43.0 Å². The molecule has 0 saturated carbocycles. The number of carbonyl (C=O) groups excluding carboxylic acids is 1. The lowest BCUT2D eigenvalue weighted by molar-refractivity contribution is -0.136. The van der Waals surface area contributed by atoms with Crippen molar-refractivity contribution in [3.8, 4) is 0 Å². The van der Waals surface area contributed by atoms with Crippen molar-refractivity contribution < 1.29 is 13.6 Å². The Morgan fingerprint density at radius 2 is 2.11 bits per heavy atom. The van der Waals surface area contributed by atoms with Gasteiger partial charge >= 0.3 is 0 Å². The highest BCUT2D eigenvalue weighted by molar-refractivity contribution is 5.76. The molecule has 0 bridgehead atoms. The second kappa shape index (κ2) is 7.73. The van der Waals surface area contributed by atoms with E-state index in [9.17, 15) is 9.18 Å². The largest absolute Gasteiger partial charge is 0.443 e. The van der Waals surface area contributed by atoms with Crippen LogP contribution in [0, 0.1) is 5.82 Å². The molecule has 2 aromatic heterocycles. The minimum atomic E-state index is -0.259. The molecule has 6 nitrogen and oxygen atoms in total. The molecule has 1 atom stereocenters. The van der Waals surface area contributed by atoms with Crippen molar-refractivity contribution in [2.75, 3.05) is 6.54 Å². The van der Waals surface area contributed by atoms with Crippen molar-refractivity contribution in [1.82, 2.24) is 19.7 Å². The number of hydrogen-bond donors (Lipinski definition) is 0. The summed E-state index contributed by atoms with van der Waals surface area (Å²) in [6.45, 7) is 0.910. The zero-order chi connectivity index (χ0) is 18.6. The Labute approximate surface area is 156 Å². The number of halogens is 1. The van der Waals surface area contributed by atoms with Gasteiger partial charge in [-0.25, -0.2) is 9.37 Å². The zero-order valence-corrected chi connectivity index (χ0v) is 14.9. The molecule has 0 unspecified atom stereocenters. The van der Waals surface area contributed by atoms with E-state index >= 15 is 0 Å². The predicted molar refractivity (Wildman–Crippen MR) is 96.2 cm³/mol. The Kier molecular flexibility index (Phi) is 5.00. The molecule has 0 N–H and O–H groups in total. The molecule has 1 aliphatic heterocycles. The Balaban J connectivity index is 1.47. The Morgan fingerprint density at radius 1 is 1.26 bits per heavy atom. The van der Waals surface area contributed by atoms with Gasteiger partial charge in [0.1, 0.15) is 24.2 Å². The summed E-state index contributed by atoms with van der Waals surface area (Å²) in [6, 6.07) is 7.99. The average Bonchev–Trinajstić information content (AvgIpc) is 3.36. The smallest absolute Gasteiger partial charge is 0.244 e. The van der Waals surface area contributed by atoms with Crippen LogP contribution in [-0.4, -0.2) is 32.1 Å². The van der Waals surface area contributed by atoms with E-state index < -0.39 is 0 Å². The first kappa shape index (κ1) is 17.5. The fourth-order valence-corrected chi connectivity index (χ4v) is 3.47. The summed E-state index contributed by atoms with van der Waals surface area (Å²) in [5.41, 5.74) is 0.953. The quantitative estimate of drug-likeness (QED) is 0.693. The van der Waals surface area contributed by atoms with Crippen LogP contribution in [0.25, 0.3) is 0 Å². The van der Waals surface area contributed by atoms with E-state index in [0.29, 0.717) is 24.6 Å². The van der Waals surface area contributed by atoms with E-state index in [4.69, 9.17) is 4.42 Å². The van der Waals surface area contributed by atoms with Gasteiger partial charge in [-0.1, -0.05) is 12.1 Å². The molecule has 0 spiro atoms. The van der Waals surface area contributed by atoms with E-state index in [1.54, 1.807) is 41.5 Å². The molecular formula is C20H21FN4O2. The highest BCUT2D eigenvalue weighted by Gasteiger charge is 2.31. The summed E-state index contributed by atoms with van der Waals surface area (Å²) in [5, 5.41) is 4.11. The molecule has 27 heavy (non-hydrogen) atoms. The highest BCUT2D eigenvalue weighted by Crippen LogP contribution is 2.31. The third-order valence-electron chi connectivity index (χ3n) is 4.83. The first-order valence-electron chi connectivity index (χ1n) is 9.15. The first-order chi connectivity index (χ1) is 13.2. The number of hydrogen-bond acceptors (Lipinski definition) is 4. The van der Waals surface area contributed by atoms with Crippen LogP contribution in [0.4, 0.5) is 4.39 Å². The first-order valence-corrected chi connectivity index (χ1v) is 9.15. The van der Waals surface area contributed by atoms with E-state index in [1.165, 1.54) is 12.1 Å². The van der Waals surface area contributed by atoms with Crippen molar-refractivity contribution in [2.45, 2.75) is 38.3 Å². The van der Waals surface area contributed by atoms with Gasteiger partial charge in [-0.2, -0.15) is 5.10 Å². The van der Waals surface area contributed by atoms with Crippen LogP contribution < -0.4 is 0 Å². The van der Waals surface area contributed by atoms with Gasteiger partial charge < -0.3 is 9.32 Å². The summed E-state index contributed by atoms with van der Waals surface area (Å²) < 4.78 is 20.6. The zero-order valence-electron chi connectivity index (χ0n) is 14.9. The number of amides is 1. The lowest BCUT2D eigenvalue weighted by Gasteiger charge is -2.33. The number of benzene rings is 1. The van der Waals surface area contributed by atoms with E-state index in [0.717, 1.165) is 24.8 Å². The van der Waals surface area contributed by atoms with Crippen molar-refractivity contribution in [3.63, 3.8) is 0 Å². The molecule has 1 amide bonds. The molecule has 1 aliphatic rings. The fourth-order valence-electron chi connectivity index (χ4n) is 3.47. The number of likely N-dealkylation sites (tertiary alicyclic amines) is 1. The summed E-state index contributed by atoms with van der Waals surface area (Å²) in [6.07, 6.45) is 8.53. The van der Waals surface area contributed by atoms with Gasteiger partial charge in [0.15, 0.2) is 0 Å². The Morgan fingerprint density at radius 3 is 2.89 bits per heavy atom. The SMILES string of the molecule is O=C(Cn1cccn1)N1CCCC[C@@H]1c1ncc(Cc2ccc(F)cc2)o1.